The maximum atomic E-state index is 12.6. The Morgan fingerprint density at radius 3 is 2.43 bits per heavy atom. The van der Waals surface area contributed by atoms with Crippen LogP contribution in [-0.2, 0) is 32.9 Å². The molecule has 13 nitrogen and oxygen atoms in total. The van der Waals surface area contributed by atoms with Crippen molar-refractivity contribution in [1.82, 2.24) is 19.5 Å². The number of carbonyl (C=O) groups is 2. The van der Waals surface area contributed by atoms with Crippen molar-refractivity contribution in [1.29, 1.82) is 0 Å². The number of fused-ring (bicyclic) bond motifs is 1. The molecule has 1 aromatic carbocycles. The number of imidazole rings is 1. The smallest absolute Gasteiger partial charge is 0.455 e. The lowest BCUT2D eigenvalue weighted by Crippen LogP contribution is -2.43. The van der Waals surface area contributed by atoms with Gasteiger partial charge in [0, 0.05) is 17.4 Å². The third-order valence-corrected chi connectivity index (χ3v) is 6.50. The molecule has 0 amide bonds. The van der Waals surface area contributed by atoms with Gasteiger partial charge < -0.3 is 19.9 Å². The number of anilines is 1. The number of nitrogens with two attached hydrogens (primary N) is 1. The van der Waals surface area contributed by atoms with Crippen molar-refractivity contribution in [2.45, 2.75) is 64.3 Å². The summed E-state index contributed by atoms with van der Waals surface area (Å²) in [7, 11) is -2.62. The molecule has 6 atom stereocenters. The third kappa shape index (κ3) is 5.85. The first kappa shape index (κ1) is 26.4. The lowest BCUT2D eigenvalue weighted by molar-refractivity contribution is -0.168. The molecule has 0 aliphatic carbocycles. The average molecular weight is 532 g/mol. The number of para-hydroxylation sites is 1. The molecule has 1 fully saturated rings. The normalized spacial score (nSPS) is 22.4. The van der Waals surface area contributed by atoms with E-state index in [-0.39, 0.29) is 18.7 Å². The Morgan fingerprint density at radius 1 is 1.08 bits per heavy atom. The summed E-state index contributed by atoms with van der Waals surface area (Å²) < 4.78 is 42.7. The first-order chi connectivity index (χ1) is 17.8. The minimum Gasteiger partial charge on any atom is -0.455 e. The Kier molecular flexibility index (Phi) is 8.27. The highest BCUT2D eigenvalue weighted by Gasteiger charge is 2.54. The fourth-order valence-electron chi connectivity index (χ4n) is 3.84. The lowest BCUT2D eigenvalue weighted by Gasteiger charge is -2.25. The molecule has 1 aliphatic rings. The van der Waals surface area contributed by atoms with Gasteiger partial charge in [0.1, 0.15) is 24.1 Å². The predicted octanol–water partition coefficient (Wildman–Crippen LogP) is 3.09. The van der Waals surface area contributed by atoms with Crippen LogP contribution in [0.3, 0.4) is 0 Å². The van der Waals surface area contributed by atoms with Crippen LogP contribution in [0.25, 0.3) is 11.2 Å². The van der Waals surface area contributed by atoms with E-state index < -0.39 is 50.8 Å². The molecule has 0 spiro atoms. The van der Waals surface area contributed by atoms with Gasteiger partial charge in [0.2, 0.25) is 0 Å². The van der Waals surface area contributed by atoms with Crippen LogP contribution in [-0.4, -0.2) is 55.9 Å². The number of benzene rings is 1. The van der Waals surface area contributed by atoms with Gasteiger partial charge in [0.25, 0.3) is 0 Å². The molecule has 3 heterocycles. The van der Waals surface area contributed by atoms with Gasteiger partial charge in [-0.15, -0.1) is 4.52 Å². The highest BCUT2D eigenvalue weighted by Crippen LogP contribution is 2.40. The van der Waals surface area contributed by atoms with E-state index in [0.717, 1.165) is 0 Å². The minimum absolute atomic E-state index is 0.0702. The van der Waals surface area contributed by atoms with E-state index in [9.17, 15) is 14.2 Å². The molecular formula is C23H27N5O8P+. The van der Waals surface area contributed by atoms with Crippen molar-refractivity contribution in [3.63, 3.8) is 0 Å². The van der Waals surface area contributed by atoms with Crippen molar-refractivity contribution >= 4 is 37.2 Å². The number of nitrogen functional groups attached to an aromatic ring is 1. The molecule has 4 rings (SSSR count). The van der Waals surface area contributed by atoms with E-state index in [2.05, 4.69) is 15.0 Å². The zero-order chi connectivity index (χ0) is 26.5. The Bertz CT molecular complexity index is 1270. The fraction of sp³-hybridized carbons (Fsp3) is 0.435. The number of rotatable bonds is 10. The van der Waals surface area contributed by atoms with Gasteiger partial charge in [-0.3, -0.25) is 14.2 Å². The molecule has 0 saturated carbocycles. The summed E-state index contributed by atoms with van der Waals surface area (Å²) in [6, 6.07) is 8.51. The Balaban J connectivity index is 1.66. The van der Waals surface area contributed by atoms with Crippen molar-refractivity contribution < 1.29 is 37.4 Å². The Hall–Kier alpha value is -3.67. The first-order valence-corrected chi connectivity index (χ1v) is 12.8. The number of hydrogen-bond donors (Lipinski definition) is 1. The summed E-state index contributed by atoms with van der Waals surface area (Å²) in [6.07, 6.45) is -2.30. The number of nitrogens with zero attached hydrogens (tertiary/aromatic N) is 4. The first-order valence-electron chi connectivity index (χ1n) is 11.7. The zero-order valence-corrected chi connectivity index (χ0v) is 21.3. The summed E-state index contributed by atoms with van der Waals surface area (Å²) in [5, 5.41) is 0. The second-order valence-corrected chi connectivity index (χ2v) is 8.97. The highest BCUT2D eigenvalue weighted by molar-refractivity contribution is 7.33. The van der Waals surface area contributed by atoms with Crippen LogP contribution in [0.15, 0.2) is 43.0 Å². The summed E-state index contributed by atoms with van der Waals surface area (Å²) in [5.74, 6) is -0.577. The molecule has 0 radical (unpaired) electrons. The minimum atomic E-state index is -2.62. The van der Waals surface area contributed by atoms with Crippen molar-refractivity contribution in [2.24, 2.45) is 0 Å². The Labute approximate surface area is 213 Å². The number of ether oxygens (including phenoxy) is 3. The van der Waals surface area contributed by atoms with Gasteiger partial charge in [-0.2, -0.15) is 0 Å². The molecule has 0 bridgehead atoms. The van der Waals surface area contributed by atoms with Crippen LogP contribution in [0.4, 0.5) is 5.82 Å². The second kappa shape index (κ2) is 11.6. The second-order valence-electron chi connectivity index (χ2n) is 8.13. The SMILES string of the molecule is CCC(=O)O[C@H]1[C@@H](OC(=O)CC)[C@H](n2cnc3c(N)ncnc32)O[C@@H]1[C@H](C)O[P+](=O)Oc1ccccc1. The Morgan fingerprint density at radius 2 is 1.76 bits per heavy atom. The van der Waals surface area contributed by atoms with E-state index in [1.807, 2.05) is 0 Å². The van der Waals surface area contributed by atoms with Crippen LogP contribution in [0.1, 0.15) is 39.8 Å². The standard InChI is InChI=1S/C23H27N5O8P/c1-4-15(29)32-19-18(13(3)35-37(31)36-14-9-7-6-8-10-14)34-23(20(19)33-16(30)5-2)28-12-27-17-21(24)25-11-26-22(17)28/h6-13,18-20,23H,4-5H2,1-3H3,(H2,24,25,26)/q+1/t13-,18+,19+,20+,23+/m0/s1. The summed E-state index contributed by atoms with van der Waals surface area (Å²) in [5.41, 5.74) is 6.56. The molecule has 2 N–H and O–H groups in total. The molecule has 1 saturated heterocycles. The van der Waals surface area contributed by atoms with Crippen molar-refractivity contribution in [2.75, 3.05) is 5.73 Å². The van der Waals surface area contributed by atoms with E-state index in [1.54, 1.807) is 51.1 Å². The van der Waals surface area contributed by atoms with Gasteiger partial charge in [0.15, 0.2) is 35.7 Å². The quantitative estimate of drug-likeness (QED) is 0.300. The predicted molar refractivity (Wildman–Crippen MR) is 129 cm³/mol. The number of aromatic nitrogens is 4. The number of carbonyl (C=O) groups excluding carboxylic acids is 2. The van der Waals surface area contributed by atoms with Crippen molar-refractivity contribution in [3.05, 3.63) is 43.0 Å². The third-order valence-electron chi connectivity index (χ3n) is 5.64. The topological polar surface area (TPSA) is 167 Å². The average Bonchev–Trinajstić information content (AvgIpc) is 3.47. The lowest BCUT2D eigenvalue weighted by atomic mass is 10.1. The van der Waals surface area contributed by atoms with Crippen LogP contribution < -0.4 is 10.3 Å². The van der Waals surface area contributed by atoms with Crippen LogP contribution >= 0.6 is 8.25 Å². The largest absolute Gasteiger partial charge is 0.750 e. The van der Waals surface area contributed by atoms with E-state index in [4.69, 9.17) is 29.0 Å². The zero-order valence-electron chi connectivity index (χ0n) is 20.4. The molecule has 14 heteroatoms. The molecule has 196 valence electrons. The monoisotopic (exact) mass is 532 g/mol. The van der Waals surface area contributed by atoms with Crippen LogP contribution in [0, 0.1) is 0 Å². The number of hydrogen-bond acceptors (Lipinski definition) is 12. The molecule has 1 unspecified atom stereocenters. The van der Waals surface area contributed by atoms with Gasteiger partial charge in [0.05, 0.1) is 6.33 Å². The maximum absolute atomic E-state index is 12.6. The summed E-state index contributed by atoms with van der Waals surface area (Å²) in [6.45, 7) is 4.85. The van der Waals surface area contributed by atoms with Crippen LogP contribution in [0.5, 0.6) is 5.75 Å². The van der Waals surface area contributed by atoms with E-state index in [1.165, 1.54) is 17.2 Å². The van der Waals surface area contributed by atoms with E-state index in [0.29, 0.717) is 16.9 Å². The molecule has 1 aliphatic heterocycles. The van der Waals surface area contributed by atoms with Gasteiger partial charge in [-0.25, -0.2) is 19.5 Å². The van der Waals surface area contributed by atoms with Crippen molar-refractivity contribution in [3.8, 4) is 5.75 Å². The molecular weight excluding hydrogens is 505 g/mol. The fourth-order valence-corrected chi connectivity index (χ4v) is 4.57. The van der Waals surface area contributed by atoms with Gasteiger partial charge in [-0.05, 0) is 19.1 Å². The number of esters is 2. The highest BCUT2D eigenvalue weighted by atomic mass is 31.1. The summed E-state index contributed by atoms with van der Waals surface area (Å²) in [4.78, 5) is 37.1. The van der Waals surface area contributed by atoms with Gasteiger partial charge >= 0.3 is 20.2 Å². The van der Waals surface area contributed by atoms with E-state index >= 15 is 0 Å². The van der Waals surface area contributed by atoms with Gasteiger partial charge in [-0.1, -0.05) is 32.0 Å². The maximum Gasteiger partial charge on any atom is 0.750 e. The molecule has 3 aromatic rings. The molecule has 37 heavy (non-hydrogen) atoms. The summed E-state index contributed by atoms with van der Waals surface area (Å²) >= 11 is 0. The molecule has 2 aromatic heterocycles. The van der Waals surface area contributed by atoms with Crippen LogP contribution in [0.2, 0.25) is 0 Å².